The molecule has 9 nitrogen and oxygen atoms in total. The lowest BCUT2D eigenvalue weighted by Crippen LogP contribution is -2.48. The second kappa shape index (κ2) is 12.0. The first-order valence-corrected chi connectivity index (χ1v) is 17.0. The smallest absolute Gasteiger partial charge is 0.331 e. The van der Waals surface area contributed by atoms with Crippen molar-refractivity contribution in [1.82, 2.24) is 14.6 Å². The molecule has 2 bridgehead atoms. The van der Waals surface area contributed by atoms with Crippen LogP contribution in [0.4, 0.5) is 13.2 Å². The molecule has 234 valence electrons. The third-order valence-corrected chi connectivity index (χ3v) is 12.0. The predicted molar refractivity (Wildman–Crippen MR) is 163 cm³/mol. The maximum absolute atomic E-state index is 14.0. The molecule has 1 saturated heterocycles. The van der Waals surface area contributed by atoms with Crippen LogP contribution in [0.15, 0.2) is 62.8 Å². The van der Waals surface area contributed by atoms with Gasteiger partial charge in [0.05, 0.1) is 5.25 Å². The molecule has 0 spiro atoms. The Bertz CT molecular complexity index is 1700. The van der Waals surface area contributed by atoms with Gasteiger partial charge in [0, 0.05) is 77.2 Å². The van der Waals surface area contributed by atoms with Crippen LogP contribution >= 0.6 is 22.9 Å². The molecule has 44 heavy (non-hydrogen) atoms. The van der Waals surface area contributed by atoms with Crippen molar-refractivity contribution >= 4 is 50.8 Å². The number of carbonyl (C=O) groups excluding carboxylic acids is 1. The fourth-order valence-corrected chi connectivity index (χ4v) is 10.4. The molecule has 2 aromatic rings. The Morgan fingerprint density at radius 1 is 1.30 bits per heavy atom. The lowest BCUT2D eigenvalue weighted by atomic mass is 9.86. The average Bonchev–Trinajstić information content (AvgIpc) is 3.65. The number of aliphatic imine (C=N–C) groups is 2. The number of thiazole rings is 1. The van der Waals surface area contributed by atoms with Crippen LogP contribution in [0.1, 0.15) is 49.2 Å². The number of sulfonamides is 1. The van der Waals surface area contributed by atoms with Crippen LogP contribution in [0.25, 0.3) is 0 Å². The molecule has 2 aliphatic carbocycles. The molecule has 4 aliphatic rings. The molecular formula is C29H30ClF3N6O3S2. The van der Waals surface area contributed by atoms with Gasteiger partial charge >= 0.3 is 6.55 Å². The molecule has 6 atom stereocenters. The molecule has 6 rings (SSSR count). The number of nitrogens with one attached hydrogen (secondary N) is 1. The number of halogens is 4. The minimum atomic E-state index is -3.83. The number of hydrogen-bond donors (Lipinski definition) is 2. The maximum atomic E-state index is 14.0. The number of hydrogen-bond acceptors (Lipinski definition) is 9. The average molecular weight is 667 g/mol. The fourth-order valence-electron chi connectivity index (χ4n) is 7.17. The summed E-state index contributed by atoms with van der Waals surface area (Å²) in [4.78, 5) is 26.6. The molecule has 0 amide bonds. The maximum Gasteiger partial charge on any atom is 0.331 e. The molecular weight excluding hydrogens is 637 g/mol. The quantitative estimate of drug-likeness (QED) is 0.307. The van der Waals surface area contributed by atoms with Crippen LogP contribution in [0.2, 0.25) is 5.02 Å². The summed E-state index contributed by atoms with van der Waals surface area (Å²) in [6.07, 6.45) is 5.17. The van der Waals surface area contributed by atoms with E-state index in [4.69, 9.17) is 22.3 Å². The van der Waals surface area contributed by atoms with Crippen molar-refractivity contribution in [2.24, 2.45) is 33.5 Å². The van der Waals surface area contributed by atoms with Crippen molar-refractivity contribution in [1.29, 1.82) is 0 Å². The van der Waals surface area contributed by atoms with E-state index in [1.807, 2.05) is 11.8 Å². The first-order valence-electron chi connectivity index (χ1n) is 14.2. The summed E-state index contributed by atoms with van der Waals surface area (Å²) >= 11 is 7.83. The van der Waals surface area contributed by atoms with Crippen molar-refractivity contribution in [3.05, 3.63) is 74.2 Å². The van der Waals surface area contributed by atoms with Gasteiger partial charge in [0.15, 0.2) is 10.8 Å². The van der Waals surface area contributed by atoms with Crippen molar-refractivity contribution in [2.75, 3.05) is 6.54 Å². The minimum Gasteiger partial charge on any atom is -0.398 e. The molecule has 3 N–H and O–H groups in total. The van der Waals surface area contributed by atoms with Crippen molar-refractivity contribution in [3.63, 3.8) is 0 Å². The number of ketones is 1. The molecule has 2 aliphatic heterocycles. The summed E-state index contributed by atoms with van der Waals surface area (Å²) in [7, 11) is -3.83. The third kappa shape index (κ3) is 5.84. The van der Waals surface area contributed by atoms with E-state index in [1.54, 1.807) is 11.6 Å². The molecule has 1 aromatic carbocycles. The molecule has 3 fully saturated rings. The van der Waals surface area contributed by atoms with Crippen molar-refractivity contribution < 1.29 is 26.4 Å². The Kier molecular flexibility index (Phi) is 8.46. The highest BCUT2D eigenvalue weighted by molar-refractivity contribution is 7.90. The minimum absolute atomic E-state index is 0.0721. The van der Waals surface area contributed by atoms with E-state index in [0.29, 0.717) is 34.1 Å². The first kappa shape index (κ1) is 30.9. The van der Waals surface area contributed by atoms with Gasteiger partial charge in [-0.3, -0.25) is 9.79 Å². The summed E-state index contributed by atoms with van der Waals surface area (Å²) in [5.74, 6) is -0.319. The molecule has 3 heterocycles. The largest absolute Gasteiger partial charge is 0.398 e. The number of alkyl halides is 2. The number of amidine groups is 1. The van der Waals surface area contributed by atoms with E-state index in [0.717, 1.165) is 12.3 Å². The fraction of sp³-hybridized carbons (Fsp3) is 0.448. The van der Waals surface area contributed by atoms with Gasteiger partial charge in [0.25, 0.3) is 0 Å². The van der Waals surface area contributed by atoms with Crippen LogP contribution < -0.4 is 10.5 Å². The Labute approximate surface area is 261 Å². The third-order valence-electron chi connectivity index (χ3n) is 8.84. The van der Waals surface area contributed by atoms with Gasteiger partial charge in [-0.25, -0.2) is 27.5 Å². The molecule has 2 saturated carbocycles. The number of nitrogens with two attached hydrogens (primary N) is 1. The number of rotatable bonds is 8. The molecule has 1 aromatic heterocycles. The van der Waals surface area contributed by atoms with E-state index in [1.165, 1.54) is 29.5 Å². The number of allylic oxidation sites excluding steroid dienone is 1. The van der Waals surface area contributed by atoms with E-state index < -0.39 is 39.7 Å². The lowest BCUT2D eigenvalue weighted by Gasteiger charge is -2.33. The Balaban J connectivity index is 1.42. The van der Waals surface area contributed by atoms with Crippen LogP contribution in [0.3, 0.4) is 0 Å². The summed E-state index contributed by atoms with van der Waals surface area (Å²) in [5, 5.41) is 1.77. The van der Waals surface area contributed by atoms with Gasteiger partial charge in [-0.1, -0.05) is 24.6 Å². The van der Waals surface area contributed by atoms with Crippen molar-refractivity contribution in [2.45, 2.75) is 56.5 Å². The Morgan fingerprint density at radius 3 is 2.77 bits per heavy atom. The zero-order valence-corrected chi connectivity index (χ0v) is 25.9. The Hall–Kier alpha value is -3.07. The van der Waals surface area contributed by atoms with Gasteiger partial charge in [-0.05, 0) is 42.4 Å². The number of benzene rings is 1. The summed E-state index contributed by atoms with van der Waals surface area (Å²) < 4.78 is 70.3. The van der Waals surface area contributed by atoms with E-state index in [9.17, 15) is 26.4 Å². The summed E-state index contributed by atoms with van der Waals surface area (Å²) in [6, 6.07) is 2.41. The van der Waals surface area contributed by atoms with Gasteiger partial charge in [0.1, 0.15) is 17.6 Å². The highest BCUT2D eigenvalue weighted by Gasteiger charge is 2.53. The van der Waals surface area contributed by atoms with Crippen LogP contribution in [0.5, 0.6) is 0 Å². The van der Waals surface area contributed by atoms with Crippen molar-refractivity contribution in [3.8, 4) is 0 Å². The number of fused-ring (bicyclic) bond motifs is 3. The highest BCUT2D eigenvalue weighted by atomic mass is 35.5. The summed E-state index contributed by atoms with van der Waals surface area (Å²) in [6.45, 7) is -0.729. The number of nitrogens with zero attached hydrogens (tertiary/aromatic N) is 4. The van der Waals surface area contributed by atoms with Gasteiger partial charge < -0.3 is 10.6 Å². The van der Waals surface area contributed by atoms with Crippen LogP contribution in [-0.2, 0) is 14.8 Å². The van der Waals surface area contributed by atoms with Gasteiger partial charge in [-0.2, -0.15) is 8.78 Å². The predicted octanol–water partition coefficient (Wildman–Crippen LogP) is 4.82. The van der Waals surface area contributed by atoms with Gasteiger partial charge in [0.2, 0.25) is 10.0 Å². The van der Waals surface area contributed by atoms with Crippen LogP contribution in [0, 0.1) is 23.6 Å². The zero-order chi connectivity index (χ0) is 31.3. The standard InChI is InChI=1S/C29H30ClF3N6O3S2/c1-14-8-15-9-18(40)12-20(14)26(15)44(41,42)38-17-11-23-24(22(34)4-5-36-29(32)33)25(19-3-2-16(31)10-21(19)30)37-27(39(23)13-17)28-35-6-7-43-28/h2-7,10,14-15,17,20,25-26,29,38H,8-9,11-13,34H2,1H3/t14-,15?,17-,20+,25-,26?/m0/s1. The Morgan fingerprint density at radius 2 is 2.09 bits per heavy atom. The molecule has 15 heteroatoms. The normalized spacial score (nSPS) is 29.2. The lowest BCUT2D eigenvalue weighted by molar-refractivity contribution is -0.121. The van der Waals surface area contributed by atoms with Crippen LogP contribution in [-0.4, -0.2) is 60.5 Å². The SMILES string of the molecule is C[C@H]1CC2CC(=O)C[C@H]1C2S(=O)(=O)N[C@H]1CC2=C(C(N)=CC=NC(F)F)[C@H](c3ccc(F)cc3Cl)N=C(c3nccs3)N2C1. The van der Waals surface area contributed by atoms with E-state index in [2.05, 4.69) is 14.7 Å². The summed E-state index contributed by atoms with van der Waals surface area (Å²) in [5.41, 5.74) is 8.02. The second-order valence-electron chi connectivity index (χ2n) is 11.6. The topological polar surface area (TPSA) is 130 Å². The number of aromatic nitrogens is 1. The van der Waals surface area contributed by atoms with E-state index >= 15 is 0 Å². The van der Waals surface area contributed by atoms with E-state index in [-0.39, 0.29) is 60.1 Å². The second-order valence-corrected chi connectivity index (χ2v) is 14.8. The highest BCUT2D eigenvalue weighted by Crippen LogP contribution is 2.48. The number of carbonyl (C=O) groups is 1. The molecule has 0 radical (unpaired) electrons. The van der Waals surface area contributed by atoms with Gasteiger partial charge in [-0.15, -0.1) is 11.3 Å². The monoisotopic (exact) mass is 666 g/mol. The molecule has 2 unspecified atom stereocenters. The first-order chi connectivity index (χ1) is 20.9. The number of Topliss-reactive ketones (excluding diaryl/α,β-unsaturated/α-hetero) is 1. The zero-order valence-electron chi connectivity index (χ0n) is 23.5.